The van der Waals surface area contributed by atoms with Gasteiger partial charge in [0.25, 0.3) is 5.91 Å². The molecule has 3 heterocycles. The van der Waals surface area contributed by atoms with Crippen LogP contribution >= 0.6 is 0 Å². The summed E-state index contributed by atoms with van der Waals surface area (Å²) in [6.07, 6.45) is 0.542. The Hall–Kier alpha value is -4.01. The molecule has 170 valence electrons. The third-order valence-corrected chi connectivity index (χ3v) is 6.21. The number of amides is 2. The van der Waals surface area contributed by atoms with Crippen molar-refractivity contribution >= 4 is 23.2 Å². The van der Waals surface area contributed by atoms with Gasteiger partial charge in [-0.1, -0.05) is 12.1 Å². The molecule has 0 unspecified atom stereocenters. The lowest BCUT2D eigenvalue weighted by atomic mass is 10.1. The predicted octanol–water partition coefficient (Wildman–Crippen LogP) is 2.43. The maximum Gasteiger partial charge on any atom is 0.269 e. The number of aromatic nitrogens is 2. The van der Waals surface area contributed by atoms with Gasteiger partial charge in [-0.25, -0.2) is 0 Å². The molecule has 2 aliphatic heterocycles. The second-order valence-corrected chi connectivity index (χ2v) is 8.19. The van der Waals surface area contributed by atoms with Gasteiger partial charge in [0.05, 0.1) is 31.3 Å². The third kappa shape index (κ3) is 3.65. The highest BCUT2D eigenvalue weighted by molar-refractivity contribution is 6.04. The molecule has 1 aromatic heterocycles. The van der Waals surface area contributed by atoms with Crippen LogP contribution in [0.5, 0.6) is 11.5 Å². The molecule has 2 atom stereocenters. The zero-order valence-corrected chi connectivity index (χ0v) is 18.7. The lowest BCUT2D eigenvalue weighted by Gasteiger charge is -2.32. The summed E-state index contributed by atoms with van der Waals surface area (Å²) < 4.78 is 12.3. The molecule has 9 heteroatoms. The number of nitrogens with zero attached hydrogens (tertiary/aromatic N) is 3. The number of anilines is 2. The quantitative estimate of drug-likeness (QED) is 0.624. The first-order valence-corrected chi connectivity index (χ1v) is 10.7. The maximum absolute atomic E-state index is 13.1. The minimum absolute atomic E-state index is 0.0432. The summed E-state index contributed by atoms with van der Waals surface area (Å²) in [6.45, 7) is 0.565. The Morgan fingerprint density at radius 1 is 1.15 bits per heavy atom. The highest BCUT2D eigenvalue weighted by Gasteiger charge is 2.41. The number of rotatable bonds is 5. The number of nitrogens with one attached hydrogen (secondary N) is 2. The zero-order valence-electron chi connectivity index (χ0n) is 18.7. The van der Waals surface area contributed by atoms with Crippen LogP contribution in [0.3, 0.4) is 0 Å². The SMILES string of the molecule is COc1ccc(OC)c(-c2cc(C(=O)N[C@@H]3C[C@@H]4C(=O)Nc5ccccc5N4C3)n(C)n2)c1. The van der Waals surface area contributed by atoms with Crippen molar-refractivity contribution in [1.82, 2.24) is 15.1 Å². The van der Waals surface area contributed by atoms with Crippen LogP contribution in [0.1, 0.15) is 16.9 Å². The molecule has 1 fully saturated rings. The fraction of sp³-hybridized carbons (Fsp3) is 0.292. The number of aryl methyl sites for hydroxylation is 1. The molecule has 0 radical (unpaired) electrons. The van der Waals surface area contributed by atoms with Crippen molar-refractivity contribution in [3.8, 4) is 22.8 Å². The molecule has 3 aromatic rings. The molecule has 0 aliphatic carbocycles. The van der Waals surface area contributed by atoms with Gasteiger partial charge in [0, 0.05) is 25.2 Å². The molecule has 2 aromatic carbocycles. The number of hydrogen-bond donors (Lipinski definition) is 2. The fourth-order valence-electron chi connectivity index (χ4n) is 4.59. The van der Waals surface area contributed by atoms with E-state index in [1.54, 1.807) is 38.1 Å². The Bertz CT molecular complexity index is 1240. The van der Waals surface area contributed by atoms with E-state index in [2.05, 4.69) is 20.6 Å². The van der Waals surface area contributed by atoms with Crippen molar-refractivity contribution in [2.45, 2.75) is 18.5 Å². The van der Waals surface area contributed by atoms with E-state index in [9.17, 15) is 9.59 Å². The summed E-state index contributed by atoms with van der Waals surface area (Å²) in [6, 6.07) is 14.4. The summed E-state index contributed by atoms with van der Waals surface area (Å²) in [5, 5.41) is 10.6. The number of hydrogen-bond acceptors (Lipinski definition) is 6. The van der Waals surface area contributed by atoms with Gasteiger partial charge in [0.2, 0.25) is 5.91 Å². The van der Waals surface area contributed by atoms with Crippen LogP contribution < -0.4 is 25.0 Å². The van der Waals surface area contributed by atoms with E-state index < -0.39 is 0 Å². The van der Waals surface area contributed by atoms with Crippen LogP contribution in [0.25, 0.3) is 11.3 Å². The summed E-state index contributed by atoms with van der Waals surface area (Å²) in [4.78, 5) is 27.8. The van der Waals surface area contributed by atoms with Crippen LogP contribution in [0, 0.1) is 0 Å². The second kappa shape index (κ2) is 8.16. The number of benzene rings is 2. The van der Waals surface area contributed by atoms with E-state index in [-0.39, 0.29) is 23.9 Å². The summed E-state index contributed by atoms with van der Waals surface area (Å²) in [5.74, 6) is 1.02. The summed E-state index contributed by atoms with van der Waals surface area (Å²) in [5.41, 5.74) is 3.54. The summed E-state index contributed by atoms with van der Waals surface area (Å²) >= 11 is 0. The maximum atomic E-state index is 13.1. The van der Waals surface area contributed by atoms with E-state index in [0.29, 0.717) is 35.9 Å². The molecule has 0 spiro atoms. The van der Waals surface area contributed by atoms with Crippen LogP contribution in [0.2, 0.25) is 0 Å². The first kappa shape index (κ1) is 20.9. The first-order valence-electron chi connectivity index (χ1n) is 10.7. The van der Waals surface area contributed by atoms with Crippen molar-refractivity contribution < 1.29 is 19.1 Å². The van der Waals surface area contributed by atoms with Gasteiger partial charge in [-0.15, -0.1) is 0 Å². The normalized spacial score (nSPS) is 18.9. The van der Waals surface area contributed by atoms with Crippen LogP contribution in [-0.2, 0) is 11.8 Å². The smallest absolute Gasteiger partial charge is 0.269 e. The molecule has 5 rings (SSSR count). The molecule has 1 saturated heterocycles. The first-order chi connectivity index (χ1) is 16.0. The van der Waals surface area contributed by atoms with E-state index in [1.165, 1.54) is 0 Å². The van der Waals surface area contributed by atoms with Crippen molar-refractivity contribution in [3.05, 3.63) is 54.2 Å². The largest absolute Gasteiger partial charge is 0.497 e. The number of ether oxygens (including phenoxy) is 2. The van der Waals surface area contributed by atoms with Crippen molar-refractivity contribution in [1.29, 1.82) is 0 Å². The minimum atomic E-state index is -0.298. The fourth-order valence-corrected chi connectivity index (χ4v) is 4.59. The zero-order chi connectivity index (χ0) is 23.1. The molecule has 2 aliphatic rings. The monoisotopic (exact) mass is 447 g/mol. The number of fused-ring (bicyclic) bond motifs is 3. The Morgan fingerprint density at radius 3 is 2.76 bits per heavy atom. The van der Waals surface area contributed by atoms with Gasteiger partial charge in [0.15, 0.2) is 0 Å². The Labute approximate surface area is 191 Å². The highest BCUT2D eigenvalue weighted by atomic mass is 16.5. The van der Waals surface area contributed by atoms with E-state index in [4.69, 9.17) is 9.47 Å². The lowest BCUT2D eigenvalue weighted by molar-refractivity contribution is -0.117. The van der Waals surface area contributed by atoms with E-state index in [1.807, 2.05) is 36.4 Å². The Kier molecular flexibility index (Phi) is 5.16. The third-order valence-electron chi connectivity index (χ3n) is 6.21. The Morgan fingerprint density at radius 2 is 1.97 bits per heavy atom. The number of methoxy groups -OCH3 is 2. The van der Waals surface area contributed by atoms with Crippen LogP contribution in [0.4, 0.5) is 11.4 Å². The van der Waals surface area contributed by atoms with Gasteiger partial charge in [-0.05, 0) is 42.8 Å². The van der Waals surface area contributed by atoms with Crippen molar-refractivity contribution in [2.75, 3.05) is 31.0 Å². The number of carbonyl (C=O) groups excluding carboxylic acids is 2. The lowest BCUT2D eigenvalue weighted by Crippen LogP contribution is -2.44. The van der Waals surface area contributed by atoms with Gasteiger partial charge in [-0.3, -0.25) is 14.3 Å². The number of para-hydroxylation sites is 2. The molecular formula is C24H25N5O4. The molecular weight excluding hydrogens is 422 g/mol. The van der Waals surface area contributed by atoms with Crippen LogP contribution in [0.15, 0.2) is 48.5 Å². The molecule has 33 heavy (non-hydrogen) atoms. The van der Waals surface area contributed by atoms with Crippen molar-refractivity contribution in [3.63, 3.8) is 0 Å². The highest BCUT2D eigenvalue weighted by Crippen LogP contribution is 2.37. The van der Waals surface area contributed by atoms with Gasteiger partial charge >= 0.3 is 0 Å². The van der Waals surface area contributed by atoms with Gasteiger partial charge in [-0.2, -0.15) is 5.10 Å². The number of carbonyl (C=O) groups is 2. The van der Waals surface area contributed by atoms with E-state index >= 15 is 0 Å². The predicted molar refractivity (Wildman–Crippen MR) is 124 cm³/mol. The molecule has 2 amide bonds. The molecule has 0 saturated carbocycles. The van der Waals surface area contributed by atoms with Gasteiger partial charge in [0.1, 0.15) is 23.2 Å². The molecule has 2 N–H and O–H groups in total. The molecule has 0 bridgehead atoms. The Balaban J connectivity index is 1.36. The molecule has 9 nitrogen and oxygen atoms in total. The van der Waals surface area contributed by atoms with E-state index in [0.717, 1.165) is 16.9 Å². The standard InChI is InChI=1S/C24H25N5O4/c1-28-20(12-18(27-28)16-11-15(32-2)8-9-22(16)33-3)23(30)25-14-10-21-24(31)26-17-6-4-5-7-19(17)29(21)13-14/h4-9,11-12,14,21H,10,13H2,1-3H3,(H,25,30)(H,26,31)/t14-,21-/m1/s1. The van der Waals surface area contributed by atoms with Crippen LogP contribution in [-0.4, -0.2) is 54.4 Å². The van der Waals surface area contributed by atoms with Gasteiger partial charge < -0.3 is 25.0 Å². The summed E-state index contributed by atoms with van der Waals surface area (Å²) in [7, 11) is 4.91. The second-order valence-electron chi connectivity index (χ2n) is 8.19. The minimum Gasteiger partial charge on any atom is -0.497 e. The topological polar surface area (TPSA) is 97.7 Å². The van der Waals surface area contributed by atoms with Crippen molar-refractivity contribution in [2.24, 2.45) is 7.05 Å². The average molecular weight is 447 g/mol. The average Bonchev–Trinajstić information content (AvgIpc) is 3.43.